The van der Waals surface area contributed by atoms with Crippen molar-refractivity contribution < 1.29 is 4.92 Å². The normalized spacial score (nSPS) is 24.7. The van der Waals surface area contributed by atoms with Crippen molar-refractivity contribution in [1.82, 2.24) is 0 Å². The van der Waals surface area contributed by atoms with Gasteiger partial charge in [0.25, 0.3) is 5.69 Å². The maximum Gasteiger partial charge on any atom is 0.269 e. The van der Waals surface area contributed by atoms with Crippen molar-refractivity contribution >= 4 is 11.4 Å². The highest BCUT2D eigenvalue weighted by atomic mass is 16.6. The Morgan fingerprint density at radius 1 is 1.35 bits per heavy atom. The van der Waals surface area contributed by atoms with Gasteiger partial charge in [0.2, 0.25) is 0 Å². The molecule has 0 saturated carbocycles. The van der Waals surface area contributed by atoms with E-state index in [1.54, 1.807) is 24.3 Å². The standard InChI is InChI=1S/C12H17N3O2/c1-9-6-10(13)8-14(7-9)11-2-4-12(5-3-11)15(16)17/h2-5,9-10H,6-8,13H2,1H3. The molecule has 1 fully saturated rings. The molecule has 5 nitrogen and oxygen atoms in total. The third kappa shape index (κ3) is 2.74. The summed E-state index contributed by atoms with van der Waals surface area (Å²) in [5.41, 5.74) is 7.12. The molecule has 2 atom stereocenters. The van der Waals surface area contributed by atoms with E-state index in [4.69, 9.17) is 5.73 Å². The average Bonchev–Trinajstić information content (AvgIpc) is 2.28. The molecule has 1 aliphatic heterocycles. The lowest BCUT2D eigenvalue weighted by atomic mass is 9.96. The summed E-state index contributed by atoms with van der Waals surface area (Å²) in [6.07, 6.45) is 1.05. The molecule has 0 bridgehead atoms. The van der Waals surface area contributed by atoms with Gasteiger partial charge in [0.05, 0.1) is 4.92 Å². The van der Waals surface area contributed by atoms with E-state index in [0.29, 0.717) is 5.92 Å². The molecule has 1 aliphatic rings. The van der Waals surface area contributed by atoms with Gasteiger partial charge in [-0.3, -0.25) is 10.1 Å². The topological polar surface area (TPSA) is 72.4 Å². The second kappa shape index (κ2) is 4.71. The fraction of sp³-hybridized carbons (Fsp3) is 0.500. The van der Waals surface area contributed by atoms with E-state index < -0.39 is 0 Å². The largest absolute Gasteiger partial charge is 0.370 e. The number of benzene rings is 1. The van der Waals surface area contributed by atoms with Gasteiger partial charge < -0.3 is 10.6 Å². The molecule has 92 valence electrons. The minimum absolute atomic E-state index is 0.128. The number of anilines is 1. The van der Waals surface area contributed by atoms with E-state index in [0.717, 1.165) is 25.2 Å². The van der Waals surface area contributed by atoms with E-state index in [1.807, 2.05) is 0 Å². The van der Waals surface area contributed by atoms with Gasteiger partial charge in [-0.15, -0.1) is 0 Å². The van der Waals surface area contributed by atoms with Crippen molar-refractivity contribution in [3.05, 3.63) is 34.4 Å². The Hall–Kier alpha value is -1.62. The molecule has 1 aromatic rings. The Kier molecular flexibility index (Phi) is 3.28. The van der Waals surface area contributed by atoms with Crippen LogP contribution in [0.4, 0.5) is 11.4 Å². The highest BCUT2D eigenvalue weighted by molar-refractivity contribution is 5.51. The summed E-state index contributed by atoms with van der Waals surface area (Å²) in [5, 5.41) is 10.6. The quantitative estimate of drug-likeness (QED) is 0.626. The van der Waals surface area contributed by atoms with Gasteiger partial charge in [0.15, 0.2) is 0 Å². The zero-order valence-electron chi connectivity index (χ0n) is 9.87. The van der Waals surface area contributed by atoms with Gasteiger partial charge in [-0.2, -0.15) is 0 Å². The van der Waals surface area contributed by atoms with Crippen molar-refractivity contribution in [2.24, 2.45) is 11.7 Å². The lowest BCUT2D eigenvalue weighted by molar-refractivity contribution is -0.384. The van der Waals surface area contributed by atoms with Crippen LogP contribution in [0.2, 0.25) is 0 Å². The Bertz CT molecular complexity index is 395. The summed E-state index contributed by atoms with van der Waals surface area (Å²) in [6.45, 7) is 3.96. The Morgan fingerprint density at radius 2 is 2.00 bits per heavy atom. The molecule has 2 N–H and O–H groups in total. The average molecular weight is 235 g/mol. The number of nitrogens with two attached hydrogens (primary N) is 1. The van der Waals surface area contributed by atoms with Crippen molar-refractivity contribution in [2.75, 3.05) is 18.0 Å². The third-order valence-corrected chi connectivity index (χ3v) is 3.12. The summed E-state index contributed by atoms with van der Waals surface area (Å²) < 4.78 is 0. The summed E-state index contributed by atoms with van der Waals surface area (Å²) in [4.78, 5) is 12.4. The molecule has 5 heteroatoms. The van der Waals surface area contributed by atoms with Crippen LogP contribution in [0.5, 0.6) is 0 Å². The number of piperidine rings is 1. The molecule has 1 aromatic carbocycles. The molecule has 2 rings (SSSR count). The number of nitro benzene ring substituents is 1. The van der Waals surface area contributed by atoms with Crippen LogP contribution < -0.4 is 10.6 Å². The highest BCUT2D eigenvalue weighted by Crippen LogP contribution is 2.24. The molecular formula is C12H17N3O2. The van der Waals surface area contributed by atoms with E-state index >= 15 is 0 Å². The first kappa shape index (κ1) is 11.9. The van der Waals surface area contributed by atoms with Gasteiger partial charge in [0.1, 0.15) is 0 Å². The van der Waals surface area contributed by atoms with E-state index in [-0.39, 0.29) is 16.7 Å². The van der Waals surface area contributed by atoms with Gasteiger partial charge in [-0.25, -0.2) is 0 Å². The fourth-order valence-corrected chi connectivity index (χ4v) is 2.40. The maximum atomic E-state index is 10.6. The summed E-state index contributed by atoms with van der Waals surface area (Å²) in [6, 6.07) is 6.86. The molecule has 0 aromatic heterocycles. The minimum atomic E-state index is -0.381. The lowest BCUT2D eigenvalue weighted by Crippen LogP contribution is -2.46. The van der Waals surface area contributed by atoms with Crippen LogP contribution in [-0.2, 0) is 0 Å². The van der Waals surface area contributed by atoms with Crippen molar-refractivity contribution in [3.63, 3.8) is 0 Å². The first-order valence-electron chi connectivity index (χ1n) is 5.81. The van der Waals surface area contributed by atoms with Crippen molar-refractivity contribution in [2.45, 2.75) is 19.4 Å². The predicted molar refractivity (Wildman–Crippen MR) is 67.1 cm³/mol. The maximum absolute atomic E-state index is 10.6. The first-order chi connectivity index (χ1) is 8.06. The summed E-state index contributed by atoms with van der Waals surface area (Å²) in [7, 11) is 0. The highest BCUT2D eigenvalue weighted by Gasteiger charge is 2.22. The summed E-state index contributed by atoms with van der Waals surface area (Å²) in [5.74, 6) is 0.564. The van der Waals surface area contributed by atoms with Crippen LogP contribution in [0.3, 0.4) is 0 Å². The number of hydrogen-bond acceptors (Lipinski definition) is 4. The van der Waals surface area contributed by atoms with E-state index in [9.17, 15) is 10.1 Å². The monoisotopic (exact) mass is 235 g/mol. The van der Waals surface area contributed by atoms with Gasteiger partial charge in [-0.05, 0) is 24.5 Å². The molecule has 17 heavy (non-hydrogen) atoms. The smallest absolute Gasteiger partial charge is 0.269 e. The second-order valence-corrected chi connectivity index (χ2v) is 4.78. The molecule has 1 saturated heterocycles. The third-order valence-electron chi connectivity index (χ3n) is 3.12. The van der Waals surface area contributed by atoms with Gasteiger partial charge >= 0.3 is 0 Å². The van der Waals surface area contributed by atoms with Gasteiger partial charge in [-0.1, -0.05) is 6.92 Å². The van der Waals surface area contributed by atoms with Crippen LogP contribution in [0.1, 0.15) is 13.3 Å². The predicted octanol–water partition coefficient (Wildman–Crippen LogP) is 1.77. The molecule has 1 heterocycles. The van der Waals surface area contributed by atoms with Crippen LogP contribution in [0, 0.1) is 16.0 Å². The van der Waals surface area contributed by atoms with Crippen LogP contribution in [0.15, 0.2) is 24.3 Å². The summed E-state index contributed by atoms with van der Waals surface area (Å²) >= 11 is 0. The molecular weight excluding hydrogens is 218 g/mol. The molecule has 0 amide bonds. The Balaban J connectivity index is 2.14. The number of hydrogen-bond donors (Lipinski definition) is 1. The van der Waals surface area contributed by atoms with Gasteiger partial charge in [0, 0.05) is 37.0 Å². The van der Waals surface area contributed by atoms with Crippen LogP contribution in [-0.4, -0.2) is 24.1 Å². The zero-order valence-corrected chi connectivity index (χ0v) is 9.87. The second-order valence-electron chi connectivity index (χ2n) is 4.78. The van der Waals surface area contributed by atoms with Crippen LogP contribution >= 0.6 is 0 Å². The SMILES string of the molecule is CC1CC(N)CN(c2ccc([N+](=O)[O-])cc2)C1. The number of nitro groups is 1. The number of nitrogens with zero attached hydrogens (tertiary/aromatic N) is 2. The van der Waals surface area contributed by atoms with Crippen LogP contribution in [0.25, 0.3) is 0 Å². The van der Waals surface area contributed by atoms with E-state index in [2.05, 4.69) is 11.8 Å². The first-order valence-corrected chi connectivity index (χ1v) is 5.81. The Morgan fingerprint density at radius 3 is 2.53 bits per heavy atom. The van der Waals surface area contributed by atoms with Crippen molar-refractivity contribution in [1.29, 1.82) is 0 Å². The molecule has 0 aliphatic carbocycles. The molecule has 0 spiro atoms. The van der Waals surface area contributed by atoms with Crippen molar-refractivity contribution in [3.8, 4) is 0 Å². The van der Waals surface area contributed by atoms with E-state index in [1.165, 1.54) is 0 Å². The fourth-order valence-electron chi connectivity index (χ4n) is 2.40. The zero-order chi connectivity index (χ0) is 12.4. The number of rotatable bonds is 2. The molecule has 2 unspecified atom stereocenters. The molecule has 0 radical (unpaired) electrons. The minimum Gasteiger partial charge on any atom is -0.370 e. The Labute approximate surface area is 100 Å². The number of non-ortho nitro benzene ring substituents is 1. The lowest BCUT2D eigenvalue weighted by Gasteiger charge is -2.36.